The first-order valence-corrected chi connectivity index (χ1v) is 6.03. The van der Waals surface area contributed by atoms with Crippen molar-refractivity contribution in [2.75, 3.05) is 0 Å². The summed E-state index contributed by atoms with van der Waals surface area (Å²) in [5.41, 5.74) is 2.63. The molecule has 3 rings (SSSR count). The maximum atomic E-state index is 4.19. The fourth-order valence-corrected chi connectivity index (χ4v) is 2.77. The molecule has 1 nitrogen and oxygen atoms in total. The second-order valence-electron chi connectivity index (χ2n) is 3.86. The zero-order valence-corrected chi connectivity index (χ0v) is 9.79. The van der Waals surface area contributed by atoms with Crippen LogP contribution in [0.1, 0.15) is 5.56 Å². The summed E-state index contributed by atoms with van der Waals surface area (Å²) in [6, 6.07) is 14.9. The van der Waals surface area contributed by atoms with Gasteiger partial charge in [0.1, 0.15) is 0 Å². The van der Waals surface area contributed by atoms with Gasteiger partial charge >= 0.3 is 0 Å². The Morgan fingerprint density at radius 1 is 1.00 bits per heavy atom. The molecule has 0 saturated heterocycles. The first-order valence-electron chi connectivity index (χ1n) is 5.25. The molecule has 3 aromatic rings. The number of rotatable bonds is 1. The number of nitrogens with zero attached hydrogens (tertiary/aromatic N) is 1. The number of aryl methyl sites for hydroxylation is 1. The lowest BCUT2D eigenvalue weighted by molar-refractivity contribution is 1.51. The molecule has 0 bridgehead atoms. The maximum absolute atomic E-state index is 4.19. The molecule has 0 fully saturated rings. The molecular weight excluding hydrogens is 214 g/mol. The zero-order chi connectivity index (χ0) is 11.0. The highest BCUT2D eigenvalue weighted by Crippen LogP contribution is 2.33. The third-order valence-electron chi connectivity index (χ3n) is 2.82. The molecule has 1 heterocycles. The zero-order valence-electron chi connectivity index (χ0n) is 8.97. The van der Waals surface area contributed by atoms with E-state index in [1.165, 1.54) is 26.8 Å². The summed E-state index contributed by atoms with van der Waals surface area (Å²) in [6.45, 7) is 2.15. The van der Waals surface area contributed by atoms with Gasteiger partial charge < -0.3 is 0 Å². The van der Waals surface area contributed by atoms with E-state index in [0.29, 0.717) is 0 Å². The van der Waals surface area contributed by atoms with E-state index >= 15 is 0 Å². The number of hydrogen-bond acceptors (Lipinski definition) is 2. The lowest BCUT2D eigenvalue weighted by Gasteiger charge is -2.07. The van der Waals surface area contributed by atoms with Crippen LogP contribution in [0.25, 0.3) is 21.2 Å². The first kappa shape index (κ1) is 9.55. The van der Waals surface area contributed by atoms with Gasteiger partial charge in [-0.15, -0.1) is 0 Å². The highest BCUT2D eigenvalue weighted by Gasteiger charge is 2.07. The van der Waals surface area contributed by atoms with Crippen molar-refractivity contribution in [1.82, 2.24) is 4.37 Å². The molecule has 78 valence electrons. The number of benzene rings is 2. The summed E-state index contributed by atoms with van der Waals surface area (Å²) in [4.78, 5) is 1.24. The van der Waals surface area contributed by atoms with E-state index in [9.17, 15) is 0 Å². The predicted molar refractivity (Wildman–Crippen MR) is 69.8 cm³/mol. The molecule has 0 radical (unpaired) electrons. The number of hydrogen-bond donors (Lipinski definition) is 0. The lowest BCUT2D eigenvalue weighted by Crippen LogP contribution is -1.83. The summed E-state index contributed by atoms with van der Waals surface area (Å²) < 4.78 is 4.19. The Bertz CT molecular complexity index is 626. The molecule has 0 atom stereocenters. The molecule has 2 heteroatoms. The molecule has 16 heavy (non-hydrogen) atoms. The Morgan fingerprint density at radius 3 is 2.69 bits per heavy atom. The average Bonchev–Trinajstić information content (AvgIpc) is 2.82. The van der Waals surface area contributed by atoms with E-state index in [1.807, 2.05) is 6.20 Å². The van der Waals surface area contributed by atoms with Crippen LogP contribution in [0.4, 0.5) is 0 Å². The summed E-state index contributed by atoms with van der Waals surface area (Å²) in [7, 11) is 0. The molecule has 0 N–H and O–H groups in total. The molecular formula is C14H11NS. The van der Waals surface area contributed by atoms with Gasteiger partial charge in [-0.25, -0.2) is 4.37 Å². The average molecular weight is 225 g/mol. The second-order valence-corrected chi connectivity index (χ2v) is 4.69. The lowest BCUT2D eigenvalue weighted by atomic mass is 9.99. The maximum Gasteiger partial charge on any atom is 0.0558 e. The summed E-state index contributed by atoms with van der Waals surface area (Å²) in [5.74, 6) is 0. The molecule has 0 amide bonds. The van der Waals surface area contributed by atoms with Gasteiger partial charge in [-0.1, -0.05) is 36.4 Å². The molecule has 1 aromatic heterocycles. The molecule has 0 aliphatic carbocycles. The molecule has 0 unspecified atom stereocenters. The Kier molecular flexibility index (Phi) is 2.22. The Morgan fingerprint density at radius 2 is 1.88 bits per heavy atom. The van der Waals surface area contributed by atoms with Crippen LogP contribution >= 0.6 is 11.5 Å². The van der Waals surface area contributed by atoms with E-state index in [1.54, 1.807) is 11.5 Å². The van der Waals surface area contributed by atoms with Crippen LogP contribution in [-0.4, -0.2) is 4.37 Å². The van der Waals surface area contributed by atoms with Crippen molar-refractivity contribution in [2.45, 2.75) is 6.92 Å². The molecule has 2 aromatic carbocycles. The van der Waals surface area contributed by atoms with E-state index in [2.05, 4.69) is 53.8 Å². The fourth-order valence-electron chi connectivity index (χ4n) is 2.05. The highest BCUT2D eigenvalue weighted by atomic mass is 32.1. The highest BCUT2D eigenvalue weighted by molar-refractivity contribution is 7.09. The van der Waals surface area contributed by atoms with Gasteiger partial charge in [-0.05, 0) is 40.9 Å². The van der Waals surface area contributed by atoms with Crippen molar-refractivity contribution in [2.24, 2.45) is 0 Å². The van der Waals surface area contributed by atoms with Gasteiger partial charge in [0.15, 0.2) is 0 Å². The largest absolute Gasteiger partial charge is 0.201 e. The SMILES string of the molecule is Cc1ccc2ccccc2c1-c1ccns1. The monoisotopic (exact) mass is 225 g/mol. The molecule has 0 aliphatic rings. The van der Waals surface area contributed by atoms with Crippen molar-refractivity contribution in [3.05, 3.63) is 54.2 Å². The van der Waals surface area contributed by atoms with Gasteiger partial charge in [-0.3, -0.25) is 0 Å². The van der Waals surface area contributed by atoms with Crippen LogP contribution in [0.2, 0.25) is 0 Å². The Hall–Kier alpha value is -1.67. The van der Waals surface area contributed by atoms with Gasteiger partial charge in [0, 0.05) is 11.8 Å². The van der Waals surface area contributed by atoms with E-state index in [0.717, 1.165) is 0 Å². The topological polar surface area (TPSA) is 12.9 Å². The minimum absolute atomic E-state index is 1.24. The Balaban J connectivity index is 2.42. The molecule has 0 aliphatic heterocycles. The Labute approximate surface area is 98.5 Å². The minimum atomic E-state index is 1.24. The minimum Gasteiger partial charge on any atom is -0.201 e. The number of fused-ring (bicyclic) bond motifs is 1. The summed E-state index contributed by atoms with van der Waals surface area (Å²) >= 11 is 1.56. The smallest absolute Gasteiger partial charge is 0.0558 e. The van der Waals surface area contributed by atoms with Crippen LogP contribution in [0.5, 0.6) is 0 Å². The van der Waals surface area contributed by atoms with Gasteiger partial charge in [-0.2, -0.15) is 0 Å². The van der Waals surface area contributed by atoms with Crippen molar-refractivity contribution in [3.8, 4) is 10.4 Å². The predicted octanol–water partition coefficient (Wildman–Crippen LogP) is 4.27. The third-order valence-corrected chi connectivity index (χ3v) is 3.59. The number of aromatic nitrogens is 1. The van der Waals surface area contributed by atoms with Crippen molar-refractivity contribution < 1.29 is 0 Å². The quantitative estimate of drug-likeness (QED) is 0.602. The van der Waals surface area contributed by atoms with E-state index in [4.69, 9.17) is 0 Å². The standard InChI is InChI=1S/C14H11NS/c1-10-6-7-11-4-2-3-5-12(11)14(10)13-8-9-15-16-13/h2-9H,1H3. The molecule has 0 saturated carbocycles. The van der Waals surface area contributed by atoms with Gasteiger partial charge in [0.05, 0.1) is 4.88 Å². The van der Waals surface area contributed by atoms with Crippen LogP contribution in [0.3, 0.4) is 0 Å². The fraction of sp³-hybridized carbons (Fsp3) is 0.0714. The van der Waals surface area contributed by atoms with Crippen LogP contribution in [0.15, 0.2) is 48.7 Å². The third kappa shape index (κ3) is 1.42. The van der Waals surface area contributed by atoms with Crippen LogP contribution in [0, 0.1) is 6.92 Å². The normalized spacial score (nSPS) is 10.8. The summed E-state index contributed by atoms with van der Waals surface area (Å²) in [6.07, 6.45) is 1.86. The van der Waals surface area contributed by atoms with Crippen LogP contribution in [-0.2, 0) is 0 Å². The molecule has 0 spiro atoms. The van der Waals surface area contributed by atoms with Gasteiger partial charge in [0.25, 0.3) is 0 Å². The van der Waals surface area contributed by atoms with Crippen molar-refractivity contribution >= 4 is 22.3 Å². The van der Waals surface area contributed by atoms with E-state index < -0.39 is 0 Å². The van der Waals surface area contributed by atoms with E-state index in [-0.39, 0.29) is 0 Å². The van der Waals surface area contributed by atoms with Gasteiger partial charge in [0.2, 0.25) is 0 Å². The summed E-state index contributed by atoms with van der Waals surface area (Å²) in [5, 5.41) is 2.60. The van der Waals surface area contributed by atoms with Crippen molar-refractivity contribution in [3.63, 3.8) is 0 Å². The first-order chi connectivity index (χ1) is 7.86. The second kappa shape index (κ2) is 3.72. The van der Waals surface area contributed by atoms with Crippen molar-refractivity contribution in [1.29, 1.82) is 0 Å². The van der Waals surface area contributed by atoms with Crippen LogP contribution < -0.4 is 0 Å².